The normalized spacial score (nSPS) is 13.2. The Labute approximate surface area is 92.7 Å². The molecular formula is C10H12N2O4. The first-order chi connectivity index (χ1) is 7.58. The Bertz CT molecular complexity index is 362. The van der Waals surface area contributed by atoms with Gasteiger partial charge >= 0.3 is 5.97 Å². The molecule has 6 heteroatoms. The van der Waals surface area contributed by atoms with Gasteiger partial charge in [-0.25, -0.2) is 4.79 Å². The number of carboxylic acid groups (broad SMARTS) is 1. The maximum atomic E-state index is 10.6. The lowest BCUT2D eigenvalue weighted by Crippen LogP contribution is -2.15. The molecular weight excluding hydrogens is 212 g/mol. The number of nitriles is 2. The minimum absolute atomic E-state index is 0.0393. The summed E-state index contributed by atoms with van der Waals surface area (Å²) in [5.41, 5.74) is -1.17. The quantitative estimate of drug-likeness (QED) is 0.329. The fourth-order valence-corrected chi connectivity index (χ4v) is 1.11. The molecule has 0 aromatic rings. The molecule has 0 aliphatic heterocycles. The van der Waals surface area contributed by atoms with Crippen molar-refractivity contribution in [3.8, 4) is 12.1 Å². The van der Waals surface area contributed by atoms with Crippen molar-refractivity contribution in [3.05, 3.63) is 11.1 Å². The van der Waals surface area contributed by atoms with E-state index >= 15 is 0 Å². The first-order valence-electron chi connectivity index (χ1n) is 4.65. The zero-order valence-electron chi connectivity index (χ0n) is 8.55. The van der Waals surface area contributed by atoms with Gasteiger partial charge in [-0.3, -0.25) is 0 Å². The van der Waals surface area contributed by atoms with Gasteiger partial charge in [0.05, 0.1) is 17.7 Å². The molecule has 0 aromatic heterocycles. The molecule has 16 heavy (non-hydrogen) atoms. The van der Waals surface area contributed by atoms with Gasteiger partial charge in [-0.2, -0.15) is 10.5 Å². The summed E-state index contributed by atoms with van der Waals surface area (Å²) in [5, 5.41) is 43.8. The van der Waals surface area contributed by atoms with Gasteiger partial charge in [-0.15, -0.1) is 0 Å². The molecule has 1 atom stereocenters. The van der Waals surface area contributed by atoms with Crippen LogP contribution in [0.1, 0.15) is 19.3 Å². The zero-order chi connectivity index (χ0) is 12.6. The van der Waals surface area contributed by atoms with Crippen LogP contribution in [0.3, 0.4) is 0 Å². The van der Waals surface area contributed by atoms with Crippen LogP contribution >= 0.6 is 0 Å². The van der Waals surface area contributed by atoms with Crippen LogP contribution in [-0.2, 0) is 4.79 Å². The van der Waals surface area contributed by atoms with Crippen molar-refractivity contribution in [1.29, 1.82) is 10.5 Å². The van der Waals surface area contributed by atoms with E-state index in [1.165, 1.54) is 12.1 Å². The highest BCUT2D eigenvalue weighted by atomic mass is 16.4. The Kier molecular flexibility index (Phi) is 6.53. The lowest BCUT2D eigenvalue weighted by Gasteiger charge is -2.08. The smallest absolute Gasteiger partial charge is 0.347 e. The van der Waals surface area contributed by atoms with E-state index in [1.54, 1.807) is 0 Å². The summed E-state index contributed by atoms with van der Waals surface area (Å²) < 4.78 is 0. The number of aliphatic carboxylic acids is 1. The molecule has 0 aliphatic carbocycles. The second kappa shape index (κ2) is 7.41. The zero-order valence-corrected chi connectivity index (χ0v) is 8.55. The molecule has 0 spiro atoms. The minimum Gasteiger partial charge on any atom is -0.477 e. The predicted octanol–water partition coefficient (Wildman–Crippen LogP) is -0.0617. The number of hydrogen-bond donors (Lipinski definition) is 3. The number of carboxylic acids is 1. The lowest BCUT2D eigenvalue weighted by atomic mass is 10.0. The predicted molar refractivity (Wildman–Crippen MR) is 52.8 cm³/mol. The molecule has 0 heterocycles. The van der Waals surface area contributed by atoms with Crippen LogP contribution in [0.4, 0.5) is 0 Å². The van der Waals surface area contributed by atoms with Gasteiger partial charge in [-0.05, 0) is 19.3 Å². The van der Waals surface area contributed by atoms with E-state index < -0.39 is 23.2 Å². The second-order valence-electron chi connectivity index (χ2n) is 3.05. The van der Waals surface area contributed by atoms with Crippen molar-refractivity contribution in [2.24, 2.45) is 0 Å². The van der Waals surface area contributed by atoms with Crippen molar-refractivity contribution in [2.45, 2.75) is 25.4 Å². The fourth-order valence-electron chi connectivity index (χ4n) is 1.11. The summed E-state index contributed by atoms with van der Waals surface area (Å²) in [6.45, 7) is -0.0393. The Morgan fingerprint density at radius 2 is 1.88 bits per heavy atom. The van der Waals surface area contributed by atoms with Crippen LogP contribution in [0, 0.1) is 22.7 Å². The molecule has 0 amide bonds. The van der Waals surface area contributed by atoms with E-state index in [4.69, 9.17) is 20.7 Å². The van der Waals surface area contributed by atoms with Crippen molar-refractivity contribution < 1.29 is 20.1 Å². The number of hydrogen-bond acceptors (Lipinski definition) is 5. The van der Waals surface area contributed by atoms with Crippen LogP contribution < -0.4 is 0 Å². The summed E-state index contributed by atoms with van der Waals surface area (Å²) in [5.74, 6) is -1.53. The third kappa shape index (κ3) is 4.09. The highest BCUT2D eigenvalue weighted by Gasteiger charge is 2.20. The van der Waals surface area contributed by atoms with E-state index in [9.17, 15) is 9.90 Å². The number of carbonyl (C=O) groups is 1. The lowest BCUT2D eigenvalue weighted by molar-refractivity contribution is -0.132. The number of nitrogens with zero attached hydrogens (tertiary/aromatic N) is 2. The SMILES string of the molecule is N#CC(C(=O)O)=C(C#N)C(O)CCCCO. The third-order valence-electron chi connectivity index (χ3n) is 1.93. The Balaban J connectivity index is 4.80. The van der Waals surface area contributed by atoms with Crippen molar-refractivity contribution in [3.63, 3.8) is 0 Å². The van der Waals surface area contributed by atoms with Gasteiger partial charge < -0.3 is 15.3 Å². The first kappa shape index (κ1) is 14.1. The number of unbranched alkanes of at least 4 members (excludes halogenated alkanes) is 1. The van der Waals surface area contributed by atoms with Gasteiger partial charge in [0.15, 0.2) is 5.57 Å². The molecule has 0 bridgehead atoms. The molecule has 0 saturated heterocycles. The average Bonchev–Trinajstić information content (AvgIpc) is 2.25. The third-order valence-corrected chi connectivity index (χ3v) is 1.93. The second-order valence-corrected chi connectivity index (χ2v) is 3.05. The summed E-state index contributed by atoms with van der Waals surface area (Å²) in [4.78, 5) is 10.6. The molecule has 0 aliphatic rings. The van der Waals surface area contributed by atoms with Gasteiger partial charge in [0, 0.05) is 6.61 Å². The molecule has 0 saturated carbocycles. The van der Waals surface area contributed by atoms with Gasteiger partial charge in [0.25, 0.3) is 0 Å². The monoisotopic (exact) mass is 224 g/mol. The molecule has 1 unspecified atom stereocenters. The number of aliphatic hydroxyl groups excluding tert-OH is 2. The van der Waals surface area contributed by atoms with Crippen LogP contribution in [0.15, 0.2) is 11.1 Å². The van der Waals surface area contributed by atoms with Crippen LogP contribution in [0.2, 0.25) is 0 Å². The van der Waals surface area contributed by atoms with E-state index in [0.29, 0.717) is 12.8 Å². The van der Waals surface area contributed by atoms with Gasteiger partial charge in [-0.1, -0.05) is 0 Å². The average molecular weight is 224 g/mol. The largest absolute Gasteiger partial charge is 0.477 e. The molecule has 0 rings (SSSR count). The minimum atomic E-state index is -1.53. The Hall–Kier alpha value is -1.89. The summed E-state index contributed by atoms with van der Waals surface area (Å²) in [6.07, 6.45) is -0.240. The fraction of sp³-hybridized carbons (Fsp3) is 0.500. The van der Waals surface area contributed by atoms with Crippen LogP contribution in [0.5, 0.6) is 0 Å². The van der Waals surface area contributed by atoms with Crippen molar-refractivity contribution in [2.75, 3.05) is 6.61 Å². The Morgan fingerprint density at radius 3 is 2.25 bits per heavy atom. The van der Waals surface area contributed by atoms with Crippen molar-refractivity contribution >= 4 is 5.97 Å². The maximum absolute atomic E-state index is 10.6. The van der Waals surface area contributed by atoms with E-state index in [1.807, 2.05) is 0 Å². The Morgan fingerprint density at radius 1 is 1.25 bits per heavy atom. The highest BCUT2D eigenvalue weighted by Crippen LogP contribution is 2.14. The van der Waals surface area contributed by atoms with Gasteiger partial charge in [0.2, 0.25) is 0 Å². The van der Waals surface area contributed by atoms with E-state index in [2.05, 4.69) is 0 Å². The molecule has 0 radical (unpaired) electrons. The van der Waals surface area contributed by atoms with E-state index in [-0.39, 0.29) is 13.0 Å². The summed E-state index contributed by atoms with van der Waals surface area (Å²) >= 11 is 0. The summed E-state index contributed by atoms with van der Waals surface area (Å²) in [6, 6.07) is 2.90. The molecule has 86 valence electrons. The van der Waals surface area contributed by atoms with Crippen molar-refractivity contribution in [1.82, 2.24) is 0 Å². The topological polar surface area (TPSA) is 125 Å². The molecule has 0 fully saturated rings. The van der Waals surface area contributed by atoms with E-state index in [0.717, 1.165) is 0 Å². The summed E-state index contributed by atoms with van der Waals surface area (Å²) in [7, 11) is 0. The first-order valence-corrected chi connectivity index (χ1v) is 4.65. The molecule has 3 N–H and O–H groups in total. The highest BCUT2D eigenvalue weighted by molar-refractivity contribution is 5.93. The standard InChI is InChI=1S/C10H12N2O4/c11-5-7(8(6-12)10(15)16)9(14)3-1-2-4-13/h9,13-14H,1-4H2,(H,15,16). The maximum Gasteiger partial charge on any atom is 0.347 e. The molecule has 0 aromatic carbocycles. The number of rotatable bonds is 6. The van der Waals surface area contributed by atoms with Crippen LogP contribution in [0.25, 0.3) is 0 Å². The van der Waals surface area contributed by atoms with Gasteiger partial charge in [0.1, 0.15) is 6.07 Å². The van der Waals surface area contributed by atoms with Crippen LogP contribution in [-0.4, -0.2) is 34.0 Å². The molecule has 6 nitrogen and oxygen atoms in total. The number of aliphatic hydroxyl groups is 2.